The average Bonchev–Trinajstić information content (AvgIpc) is 2.52. The summed E-state index contributed by atoms with van der Waals surface area (Å²) < 4.78 is 1.54. The molecule has 0 unspecified atom stereocenters. The van der Waals surface area contributed by atoms with Crippen LogP contribution >= 0.6 is 0 Å². The first kappa shape index (κ1) is 7.72. The van der Waals surface area contributed by atoms with E-state index < -0.39 is 5.97 Å². The van der Waals surface area contributed by atoms with E-state index in [2.05, 4.69) is 10.1 Å². The highest BCUT2D eigenvalue weighted by molar-refractivity contribution is 5.90. The van der Waals surface area contributed by atoms with Gasteiger partial charge in [0.25, 0.3) is 0 Å². The summed E-state index contributed by atoms with van der Waals surface area (Å²) in [5, 5.41) is 12.7. The fraction of sp³-hybridized carbons (Fsp3) is 0.125. The number of carboxylic acids is 1. The fourth-order valence-corrected chi connectivity index (χ4v) is 1.25. The van der Waals surface area contributed by atoms with Gasteiger partial charge in [-0.3, -0.25) is 0 Å². The number of hydrogen-bond acceptors (Lipinski definition) is 3. The van der Waals surface area contributed by atoms with Gasteiger partial charge in [-0.1, -0.05) is 0 Å². The summed E-state index contributed by atoms with van der Waals surface area (Å²) in [7, 11) is 0. The molecule has 0 atom stereocenters. The Morgan fingerprint density at radius 3 is 3.08 bits per heavy atom. The second kappa shape index (κ2) is 2.55. The smallest absolute Gasteiger partial charge is 0.336 e. The second-order valence-electron chi connectivity index (χ2n) is 2.69. The van der Waals surface area contributed by atoms with E-state index in [1.165, 1.54) is 12.4 Å². The number of nitrogens with zero attached hydrogens (tertiary/aromatic N) is 3. The van der Waals surface area contributed by atoms with Crippen molar-refractivity contribution in [3.05, 3.63) is 29.7 Å². The molecule has 0 radical (unpaired) electrons. The van der Waals surface area contributed by atoms with Gasteiger partial charge in [0.05, 0.1) is 5.56 Å². The van der Waals surface area contributed by atoms with Crippen LogP contribution in [0.3, 0.4) is 0 Å². The quantitative estimate of drug-likeness (QED) is 0.697. The predicted molar refractivity (Wildman–Crippen MR) is 44.7 cm³/mol. The zero-order valence-corrected chi connectivity index (χ0v) is 6.93. The van der Waals surface area contributed by atoms with Gasteiger partial charge in [0.1, 0.15) is 6.33 Å². The Morgan fingerprint density at radius 2 is 2.38 bits per heavy atom. The number of pyridine rings is 1. The minimum absolute atomic E-state index is 0.264. The highest BCUT2D eigenvalue weighted by Crippen LogP contribution is 2.11. The molecule has 5 nitrogen and oxygen atoms in total. The largest absolute Gasteiger partial charge is 0.478 e. The van der Waals surface area contributed by atoms with E-state index in [1.54, 1.807) is 17.6 Å². The number of rotatable bonds is 1. The molecule has 0 fully saturated rings. The van der Waals surface area contributed by atoms with Crippen molar-refractivity contribution in [1.29, 1.82) is 0 Å². The molecule has 1 N–H and O–H groups in total. The first-order valence-corrected chi connectivity index (χ1v) is 3.72. The summed E-state index contributed by atoms with van der Waals surface area (Å²) >= 11 is 0. The van der Waals surface area contributed by atoms with E-state index in [9.17, 15) is 4.79 Å². The molecule has 0 saturated carbocycles. The van der Waals surface area contributed by atoms with Gasteiger partial charge in [-0.2, -0.15) is 5.10 Å². The van der Waals surface area contributed by atoms with Crippen molar-refractivity contribution in [1.82, 2.24) is 14.6 Å². The first-order chi connectivity index (χ1) is 6.20. The number of carboxylic acid groups (broad SMARTS) is 1. The standard InChI is InChI=1S/C8H7N3O2/c1-5-6(8(12)13)2-3-11-7(5)9-4-10-11/h2-4H,1H3,(H,12,13). The van der Waals surface area contributed by atoms with Gasteiger partial charge in [0.2, 0.25) is 0 Å². The number of aryl methyl sites for hydroxylation is 1. The van der Waals surface area contributed by atoms with Crippen LogP contribution in [0.5, 0.6) is 0 Å². The molecule has 5 heteroatoms. The maximum Gasteiger partial charge on any atom is 0.336 e. The summed E-state index contributed by atoms with van der Waals surface area (Å²) in [6.45, 7) is 1.72. The van der Waals surface area contributed by atoms with Gasteiger partial charge in [-0.05, 0) is 13.0 Å². The normalized spacial score (nSPS) is 10.5. The van der Waals surface area contributed by atoms with Crippen molar-refractivity contribution in [2.75, 3.05) is 0 Å². The van der Waals surface area contributed by atoms with E-state index in [1.807, 2.05) is 0 Å². The summed E-state index contributed by atoms with van der Waals surface area (Å²) in [4.78, 5) is 14.7. The molecule has 0 bridgehead atoms. The molecule has 0 aliphatic rings. The number of aromatic carboxylic acids is 1. The van der Waals surface area contributed by atoms with Crippen molar-refractivity contribution < 1.29 is 9.90 Å². The van der Waals surface area contributed by atoms with Crippen molar-refractivity contribution >= 4 is 11.6 Å². The third kappa shape index (κ3) is 1.05. The Balaban J connectivity index is 2.80. The van der Waals surface area contributed by atoms with Crippen LogP contribution in [0.1, 0.15) is 15.9 Å². The zero-order valence-electron chi connectivity index (χ0n) is 6.93. The summed E-state index contributed by atoms with van der Waals surface area (Å²) in [5.41, 5.74) is 1.48. The topological polar surface area (TPSA) is 67.5 Å². The Kier molecular flexibility index (Phi) is 1.51. The lowest BCUT2D eigenvalue weighted by atomic mass is 10.1. The minimum Gasteiger partial charge on any atom is -0.478 e. The van der Waals surface area contributed by atoms with E-state index in [-0.39, 0.29) is 5.56 Å². The monoisotopic (exact) mass is 177 g/mol. The summed E-state index contributed by atoms with van der Waals surface area (Å²) in [5.74, 6) is -0.942. The molecule has 2 aromatic rings. The van der Waals surface area contributed by atoms with Crippen LogP contribution in [-0.2, 0) is 0 Å². The summed E-state index contributed by atoms with van der Waals surface area (Å²) in [6.07, 6.45) is 2.98. The predicted octanol–water partition coefficient (Wildman–Crippen LogP) is 0.736. The molecule has 0 aromatic carbocycles. The Morgan fingerprint density at radius 1 is 1.62 bits per heavy atom. The van der Waals surface area contributed by atoms with Crippen LogP contribution in [0, 0.1) is 6.92 Å². The Labute approximate surface area is 73.6 Å². The van der Waals surface area contributed by atoms with Gasteiger partial charge >= 0.3 is 5.97 Å². The summed E-state index contributed by atoms with van der Waals surface area (Å²) in [6, 6.07) is 1.51. The van der Waals surface area contributed by atoms with Gasteiger partial charge in [0, 0.05) is 11.8 Å². The molecule has 0 aliphatic carbocycles. The molecule has 0 saturated heterocycles. The Hall–Kier alpha value is -1.91. The number of fused-ring (bicyclic) bond motifs is 1. The van der Waals surface area contributed by atoms with Gasteiger partial charge < -0.3 is 5.11 Å². The molecule has 0 aliphatic heterocycles. The molecule has 0 spiro atoms. The molecule has 2 heterocycles. The molecule has 0 amide bonds. The second-order valence-corrected chi connectivity index (χ2v) is 2.69. The molecular formula is C8H7N3O2. The van der Waals surface area contributed by atoms with E-state index >= 15 is 0 Å². The molecular weight excluding hydrogens is 170 g/mol. The molecule has 66 valence electrons. The number of aromatic nitrogens is 3. The van der Waals surface area contributed by atoms with Gasteiger partial charge in [-0.25, -0.2) is 14.3 Å². The van der Waals surface area contributed by atoms with Crippen LogP contribution < -0.4 is 0 Å². The van der Waals surface area contributed by atoms with Crippen LogP contribution in [0.2, 0.25) is 0 Å². The SMILES string of the molecule is Cc1c(C(=O)O)ccn2ncnc12. The zero-order chi connectivity index (χ0) is 9.42. The van der Waals surface area contributed by atoms with E-state index in [0.717, 1.165) is 0 Å². The fourth-order valence-electron chi connectivity index (χ4n) is 1.25. The van der Waals surface area contributed by atoms with Crippen molar-refractivity contribution in [2.24, 2.45) is 0 Å². The number of carbonyl (C=O) groups is 1. The van der Waals surface area contributed by atoms with E-state index in [4.69, 9.17) is 5.11 Å². The maximum absolute atomic E-state index is 10.7. The van der Waals surface area contributed by atoms with Crippen molar-refractivity contribution in [2.45, 2.75) is 6.92 Å². The lowest BCUT2D eigenvalue weighted by Crippen LogP contribution is -2.02. The van der Waals surface area contributed by atoms with E-state index in [0.29, 0.717) is 11.2 Å². The van der Waals surface area contributed by atoms with Crippen LogP contribution in [0.15, 0.2) is 18.6 Å². The molecule has 2 rings (SSSR count). The highest BCUT2D eigenvalue weighted by Gasteiger charge is 2.10. The third-order valence-corrected chi connectivity index (χ3v) is 1.93. The third-order valence-electron chi connectivity index (χ3n) is 1.93. The maximum atomic E-state index is 10.7. The van der Waals surface area contributed by atoms with Crippen LogP contribution in [-0.4, -0.2) is 25.7 Å². The lowest BCUT2D eigenvalue weighted by molar-refractivity contribution is 0.0696. The molecule has 13 heavy (non-hydrogen) atoms. The first-order valence-electron chi connectivity index (χ1n) is 3.72. The lowest BCUT2D eigenvalue weighted by Gasteiger charge is -2.00. The highest BCUT2D eigenvalue weighted by atomic mass is 16.4. The number of hydrogen-bond donors (Lipinski definition) is 1. The average molecular weight is 177 g/mol. The van der Waals surface area contributed by atoms with Crippen LogP contribution in [0.4, 0.5) is 0 Å². The Bertz CT molecular complexity index is 475. The van der Waals surface area contributed by atoms with Gasteiger partial charge in [0.15, 0.2) is 5.65 Å². The van der Waals surface area contributed by atoms with Gasteiger partial charge in [-0.15, -0.1) is 0 Å². The molecule has 2 aromatic heterocycles. The van der Waals surface area contributed by atoms with Crippen molar-refractivity contribution in [3.8, 4) is 0 Å². The van der Waals surface area contributed by atoms with Crippen molar-refractivity contribution in [3.63, 3.8) is 0 Å². The van der Waals surface area contributed by atoms with Crippen LogP contribution in [0.25, 0.3) is 5.65 Å². The minimum atomic E-state index is -0.942.